The Kier molecular flexibility index (Phi) is 4.67. The van der Waals surface area contributed by atoms with E-state index in [-0.39, 0.29) is 17.9 Å². The Bertz CT molecular complexity index is 674. The van der Waals surface area contributed by atoms with E-state index in [9.17, 15) is 9.59 Å². The molecule has 1 aliphatic rings. The van der Waals surface area contributed by atoms with Gasteiger partial charge in [0.1, 0.15) is 0 Å². The second kappa shape index (κ2) is 6.87. The van der Waals surface area contributed by atoms with Crippen LogP contribution in [0.1, 0.15) is 33.8 Å². The summed E-state index contributed by atoms with van der Waals surface area (Å²) < 4.78 is 5.08. The van der Waals surface area contributed by atoms with Crippen LogP contribution in [0.15, 0.2) is 47.1 Å². The van der Waals surface area contributed by atoms with Gasteiger partial charge in [-0.05, 0) is 49.2 Å². The monoisotopic (exact) mass is 332 g/mol. The van der Waals surface area contributed by atoms with E-state index in [2.05, 4.69) is 5.32 Å². The van der Waals surface area contributed by atoms with E-state index in [0.717, 1.165) is 12.8 Å². The third kappa shape index (κ3) is 3.74. The summed E-state index contributed by atoms with van der Waals surface area (Å²) in [6, 6.07) is 10.3. The molecule has 6 heteroatoms. The average molecular weight is 333 g/mol. The van der Waals surface area contributed by atoms with Crippen LogP contribution in [0.3, 0.4) is 0 Å². The first-order valence-electron chi connectivity index (χ1n) is 7.52. The molecule has 120 valence electrons. The summed E-state index contributed by atoms with van der Waals surface area (Å²) in [6.45, 7) is 1.23. The van der Waals surface area contributed by atoms with Crippen molar-refractivity contribution < 1.29 is 14.0 Å². The first kappa shape index (κ1) is 15.6. The van der Waals surface area contributed by atoms with Crippen LogP contribution in [0.5, 0.6) is 0 Å². The molecular formula is C17H17ClN2O3. The van der Waals surface area contributed by atoms with E-state index in [1.807, 2.05) is 0 Å². The molecule has 1 N–H and O–H groups in total. The van der Waals surface area contributed by atoms with Crippen LogP contribution >= 0.6 is 11.6 Å². The van der Waals surface area contributed by atoms with Crippen molar-refractivity contribution in [1.82, 2.24) is 10.2 Å². The number of likely N-dealkylation sites (tertiary alicyclic amines) is 1. The number of benzene rings is 1. The first-order chi connectivity index (χ1) is 11.1. The summed E-state index contributed by atoms with van der Waals surface area (Å²) in [5.41, 5.74) is 0.632. The zero-order valence-corrected chi connectivity index (χ0v) is 13.3. The molecule has 3 rings (SSSR count). The fraction of sp³-hybridized carbons (Fsp3) is 0.294. The molecule has 0 atom stereocenters. The van der Waals surface area contributed by atoms with Crippen LogP contribution < -0.4 is 5.32 Å². The molecular weight excluding hydrogens is 316 g/mol. The second-order valence-corrected chi connectivity index (χ2v) is 5.96. The predicted octanol–water partition coefficient (Wildman–Crippen LogP) is 2.97. The Morgan fingerprint density at radius 3 is 2.43 bits per heavy atom. The molecule has 0 aliphatic carbocycles. The highest BCUT2D eigenvalue weighted by molar-refractivity contribution is 6.30. The standard InChI is InChI=1S/C17H17ClN2O3/c18-13-5-3-12(4-6-13)17(22)20-9-7-14(8-10-20)19-16(21)15-2-1-11-23-15/h1-6,11,14H,7-10H2,(H,19,21). The van der Waals surface area contributed by atoms with Crippen LogP contribution in [0.25, 0.3) is 0 Å². The van der Waals surface area contributed by atoms with Crippen LogP contribution in [0.4, 0.5) is 0 Å². The van der Waals surface area contributed by atoms with E-state index in [1.54, 1.807) is 41.3 Å². The molecule has 0 spiro atoms. The van der Waals surface area contributed by atoms with Crippen molar-refractivity contribution >= 4 is 23.4 Å². The van der Waals surface area contributed by atoms with E-state index in [0.29, 0.717) is 29.4 Å². The Hall–Kier alpha value is -2.27. The van der Waals surface area contributed by atoms with E-state index < -0.39 is 0 Å². The molecule has 1 aliphatic heterocycles. The van der Waals surface area contributed by atoms with E-state index in [4.69, 9.17) is 16.0 Å². The van der Waals surface area contributed by atoms with Gasteiger partial charge in [0.2, 0.25) is 0 Å². The number of piperidine rings is 1. The van der Waals surface area contributed by atoms with Gasteiger partial charge in [-0.15, -0.1) is 0 Å². The van der Waals surface area contributed by atoms with Crippen LogP contribution in [0.2, 0.25) is 5.02 Å². The maximum atomic E-state index is 12.4. The molecule has 0 radical (unpaired) electrons. The Balaban J connectivity index is 1.53. The van der Waals surface area contributed by atoms with E-state index >= 15 is 0 Å². The summed E-state index contributed by atoms with van der Waals surface area (Å²) in [4.78, 5) is 26.2. The van der Waals surface area contributed by atoms with Gasteiger partial charge < -0.3 is 14.6 Å². The maximum Gasteiger partial charge on any atom is 0.287 e. The quantitative estimate of drug-likeness (QED) is 0.940. The smallest absolute Gasteiger partial charge is 0.287 e. The number of hydrogen-bond acceptors (Lipinski definition) is 3. The third-order valence-electron chi connectivity index (χ3n) is 3.95. The number of furan rings is 1. The van der Waals surface area contributed by atoms with Crippen molar-refractivity contribution in [2.24, 2.45) is 0 Å². The van der Waals surface area contributed by atoms with Gasteiger partial charge in [-0.2, -0.15) is 0 Å². The summed E-state index contributed by atoms with van der Waals surface area (Å²) in [6.07, 6.45) is 2.93. The van der Waals surface area contributed by atoms with Crippen molar-refractivity contribution in [3.05, 3.63) is 59.0 Å². The summed E-state index contributed by atoms with van der Waals surface area (Å²) in [5.74, 6) is 0.0969. The number of amides is 2. The minimum Gasteiger partial charge on any atom is -0.459 e. The topological polar surface area (TPSA) is 62.6 Å². The van der Waals surface area contributed by atoms with Crippen LogP contribution in [0, 0.1) is 0 Å². The van der Waals surface area contributed by atoms with Gasteiger partial charge in [0, 0.05) is 29.7 Å². The van der Waals surface area contributed by atoms with Crippen molar-refractivity contribution in [1.29, 1.82) is 0 Å². The molecule has 0 bridgehead atoms. The molecule has 1 saturated heterocycles. The SMILES string of the molecule is O=C(NC1CCN(C(=O)c2ccc(Cl)cc2)CC1)c1ccco1. The number of hydrogen-bond donors (Lipinski definition) is 1. The molecule has 2 heterocycles. The van der Waals surface area contributed by atoms with Crippen LogP contribution in [-0.4, -0.2) is 35.8 Å². The number of nitrogens with one attached hydrogen (secondary N) is 1. The van der Waals surface area contributed by atoms with Crippen molar-refractivity contribution in [2.75, 3.05) is 13.1 Å². The summed E-state index contributed by atoms with van der Waals surface area (Å²) in [7, 11) is 0. The maximum absolute atomic E-state index is 12.4. The van der Waals surface area contributed by atoms with Gasteiger partial charge in [-0.25, -0.2) is 0 Å². The number of rotatable bonds is 3. The molecule has 1 fully saturated rings. The highest BCUT2D eigenvalue weighted by atomic mass is 35.5. The van der Waals surface area contributed by atoms with Crippen LogP contribution in [-0.2, 0) is 0 Å². The average Bonchev–Trinajstić information content (AvgIpc) is 3.10. The molecule has 2 aromatic rings. The number of carbonyl (C=O) groups excluding carboxylic acids is 2. The molecule has 1 aromatic carbocycles. The number of nitrogens with zero attached hydrogens (tertiary/aromatic N) is 1. The Morgan fingerprint density at radius 1 is 1.13 bits per heavy atom. The lowest BCUT2D eigenvalue weighted by molar-refractivity contribution is 0.0695. The van der Waals surface area contributed by atoms with Gasteiger partial charge in [-0.1, -0.05) is 11.6 Å². The molecule has 23 heavy (non-hydrogen) atoms. The normalized spacial score (nSPS) is 15.4. The summed E-state index contributed by atoms with van der Waals surface area (Å²) in [5, 5.41) is 3.55. The molecule has 1 aromatic heterocycles. The van der Waals surface area contributed by atoms with Crippen molar-refractivity contribution in [2.45, 2.75) is 18.9 Å². The minimum absolute atomic E-state index is 0.00234. The first-order valence-corrected chi connectivity index (χ1v) is 7.90. The minimum atomic E-state index is -0.211. The van der Waals surface area contributed by atoms with Gasteiger partial charge >= 0.3 is 0 Å². The summed E-state index contributed by atoms with van der Waals surface area (Å²) >= 11 is 5.84. The second-order valence-electron chi connectivity index (χ2n) is 5.52. The van der Waals surface area contributed by atoms with E-state index in [1.165, 1.54) is 6.26 Å². The lowest BCUT2D eigenvalue weighted by Crippen LogP contribution is -2.46. The Labute approximate surface area is 139 Å². The lowest BCUT2D eigenvalue weighted by atomic mass is 10.0. The fourth-order valence-corrected chi connectivity index (χ4v) is 2.79. The lowest BCUT2D eigenvalue weighted by Gasteiger charge is -2.32. The Morgan fingerprint density at radius 2 is 1.83 bits per heavy atom. The van der Waals surface area contributed by atoms with Gasteiger partial charge in [0.15, 0.2) is 5.76 Å². The zero-order valence-electron chi connectivity index (χ0n) is 12.5. The zero-order chi connectivity index (χ0) is 16.2. The highest BCUT2D eigenvalue weighted by Gasteiger charge is 2.25. The number of carbonyl (C=O) groups is 2. The molecule has 5 nitrogen and oxygen atoms in total. The molecule has 0 unspecified atom stereocenters. The largest absolute Gasteiger partial charge is 0.459 e. The number of halogens is 1. The third-order valence-corrected chi connectivity index (χ3v) is 4.21. The van der Waals surface area contributed by atoms with Crippen molar-refractivity contribution in [3.63, 3.8) is 0 Å². The van der Waals surface area contributed by atoms with Crippen molar-refractivity contribution in [3.8, 4) is 0 Å². The highest BCUT2D eigenvalue weighted by Crippen LogP contribution is 2.16. The molecule has 0 saturated carbocycles. The van der Waals surface area contributed by atoms with Gasteiger partial charge in [0.05, 0.1) is 6.26 Å². The van der Waals surface area contributed by atoms with Gasteiger partial charge in [-0.3, -0.25) is 9.59 Å². The fourth-order valence-electron chi connectivity index (χ4n) is 2.67. The van der Waals surface area contributed by atoms with Gasteiger partial charge in [0.25, 0.3) is 11.8 Å². The molecule has 2 amide bonds. The predicted molar refractivity (Wildman–Crippen MR) is 86.6 cm³/mol.